The molecule has 1 saturated heterocycles. The summed E-state index contributed by atoms with van der Waals surface area (Å²) in [6.45, 7) is 4.88. The molecular formula is C21H19BrFN3O3. The molecule has 0 aromatic heterocycles. The Morgan fingerprint density at radius 3 is 2.97 bits per heavy atom. The first kappa shape index (κ1) is 19.6. The SMILES string of the molecule is C=CC(=O)Nc1cc2c(cc1OC1CCOC1)N(c1ccc(Br)cc1F)CN=C2. The van der Waals surface area contributed by atoms with Gasteiger partial charge in [0, 0.05) is 28.7 Å². The van der Waals surface area contributed by atoms with Gasteiger partial charge in [0.15, 0.2) is 0 Å². The van der Waals surface area contributed by atoms with Crippen molar-refractivity contribution in [2.45, 2.75) is 12.5 Å². The molecule has 1 fully saturated rings. The molecule has 8 heteroatoms. The predicted octanol–water partition coefficient (Wildman–Crippen LogP) is 4.41. The molecule has 0 aliphatic carbocycles. The van der Waals surface area contributed by atoms with E-state index in [1.807, 2.05) is 0 Å². The molecule has 2 heterocycles. The zero-order valence-corrected chi connectivity index (χ0v) is 17.1. The first-order valence-electron chi connectivity index (χ1n) is 9.13. The van der Waals surface area contributed by atoms with Crippen LogP contribution in [0, 0.1) is 5.82 Å². The smallest absolute Gasteiger partial charge is 0.247 e. The molecular weight excluding hydrogens is 441 g/mol. The van der Waals surface area contributed by atoms with E-state index in [4.69, 9.17) is 9.47 Å². The van der Waals surface area contributed by atoms with Crippen LogP contribution in [0.1, 0.15) is 12.0 Å². The van der Waals surface area contributed by atoms with E-state index in [-0.39, 0.29) is 24.5 Å². The van der Waals surface area contributed by atoms with E-state index in [1.165, 1.54) is 12.1 Å². The summed E-state index contributed by atoms with van der Waals surface area (Å²) in [5, 5.41) is 2.77. The quantitative estimate of drug-likeness (QED) is 0.672. The lowest BCUT2D eigenvalue weighted by atomic mass is 10.1. The molecule has 0 radical (unpaired) electrons. The number of nitrogens with one attached hydrogen (secondary N) is 1. The number of benzene rings is 2. The number of nitrogens with zero attached hydrogens (tertiary/aromatic N) is 2. The number of anilines is 3. The Morgan fingerprint density at radius 2 is 2.24 bits per heavy atom. The van der Waals surface area contributed by atoms with Crippen molar-refractivity contribution in [2.24, 2.45) is 4.99 Å². The van der Waals surface area contributed by atoms with E-state index in [2.05, 4.69) is 32.8 Å². The van der Waals surface area contributed by atoms with Gasteiger partial charge in [0.2, 0.25) is 5.91 Å². The second-order valence-electron chi connectivity index (χ2n) is 6.68. The minimum atomic E-state index is -0.363. The maximum absolute atomic E-state index is 14.6. The van der Waals surface area contributed by atoms with Crippen molar-refractivity contribution in [3.8, 4) is 5.75 Å². The molecule has 0 bridgehead atoms. The summed E-state index contributed by atoms with van der Waals surface area (Å²) in [7, 11) is 0. The summed E-state index contributed by atoms with van der Waals surface area (Å²) < 4.78 is 26.8. The molecule has 1 unspecified atom stereocenters. The summed E-state index contributed by atoms with van der Waals surface area (Å²) in [5.41, 5.74) is 2.40. The fraction of sp³-hybridized carbons (Fsp3) is 0.238. The van der Waals surface area contributed by atoms with Gasteiger partial charge in [-0.15, -0.1) is 0 Å². The third kappa shape index (κ3) is 4.18. The van der Waals surface area contributed by atoms with Crippen LogP contribution in [0.4, 0.5) is 21.5 Å². The molecule has 2 aliphatic rings. The largest absolute Gasteiger partial charge is 0.486 e. The van der Waals surface area contributed by atoms with Crippen LogP contribution in [0.5, 0.6) is 5.75 Å². The van der Waals surface area contributed by atoms with Gasteiger partial charge in [0.05, 0.1) is 30.3 Å². The molecule has 1 amide bonds. The Hall–Kier alpha value is -2.71. The van der Waals surface area contributed by atoms with Crippen LogP contribution in [0.3, 0.4) is 0 Å². The highest BCUT2D eigenvalue weighted by atomic mass is 79.9. The van der Waals surface area contributed by atoms with Crippen LogP contribution in [0.25, 0.3) is 0 Å². The Bertz CT molecular complexity index is 989. The number of hydrogen-bond acceptors (Lipinski definition) is 5. The lowest BCUT2D eigenvalue weighted by Crippen LogP contribution is -2.24. The number of rotatable bonds is 5. The highest BCUT2D eigenvalue weighted by molar-refractivity contribution is 9.10. The molecule has 1 N–H and O–H groups in total. The monoisotopic (exact) mass is 459 g/mol. The molecule has 2 aliphatic heterocycles. The fourth-order valence-corrected chi connectivity index (χ4v) is 3.62. The first-order valence-corrected chi connectivity index (χ1v) is 9.92. The molecule has 2 aromatic rings. The molecule has 1 atom stereocenters. The third-order valence-electron chi connectivity index (χ3n) is 4.70. The van der Waals surface area contributed by atoms with Crippen molar-refractivity contribution in [1.29, 1.82) is 0 Å². The molecule has 4 rings (SSSR count). The highest BCUT2D eigenvalue weighted by Crippen LogP contribution is 2.39. The number of aliphatic imine (C=N–C) groups is 1. The second kappa shape index (κ2) is 8.34. The van der Waals surface area contributed by atoms with Gasteiger partial charge in [0.25, 0.3) is 0 Å². The van der Waals surface area contributed by atoms with Gasteiger partial charge in [-0.3, -0.25) is 9.79 Å². The zero-order chi connectivity index (χ0) is 20.4. The minimum absolute atomic E-state index is 0.109. The van der Waals surface area contributed by atoms with Crippen molar-refractivity contribution in [3.05, 3.63) is 58.8 Å². The Labute approximate surface area is 176 Å². The summed E-state index contributed by atoms with van der Waals surface area (Å²) in [5.74, 6) is -0.216. The molecule has 6 nitrogen and oxygen atoms in total. The minimum Gasteiger partial charge on any atom is -0.486 e. The molecule has 150 valence electrons. The van der Waals surface area contributed by atoms with E-state index in [9.17, 15) is 9.18 Å². The van der Waals surface area contributed by atoms with E-state index < -0.39 is 0 Å². The van der Waals surface area contributed by atoms with E-state index >= 15 is 0 Å². The van der Waals surface area contributed by atoms with E-state index in [1.54, 1.807) is 35.4 Å². The molecule has 0 spiro atoms. The van der Waals surface area contributed by atoms with Crippen molar-refractivity contribution >= 4 is 45.1 Å². The van der Waals surface area contributed by atoms with Crippen LogP contribution in [-0.2, 0) is 9.53 Å². The van der Waals surface area contributed by atoms with Crippen LogP contribution in [-0.4, -0.2) is 38.1 Å². The van der Waals surface area contributed by atoms with E-state index in [0.29, 0.717) is 34.8 Å². The normalized spacial score (nSPS) is 17.7. The average molecular weight is 460 g/mol. The van der Waals surface area contributed by atoms with Gasteiger partial charge in [-0.25, -0.2) is 4.39 Å². The Morgan fingerprint density at radius 1 is 1.38 bits per heavy atom. The van der Waals surface area contributed by atoms with Gasteiger partial charge in [-0.05, 0) is 30.3 Å². The third-order valence-corrected chi connectivity index (χ3v) is 5.19. The van der Waals surface area contributed by atoms with Crippen LogP contribution in [0.15, 0.2) is 52.5 Å². The maximum Gasteiger partial charge on any atom is 0.247 e. The topological polar surface area (TPSA) is 63.2 Å². The summed E-state index contributed by atoms with van der Waals surface area (Å²) >= 11 is 3.28. The number of carbonyl (C=O) groups is 1. The van der Waals surface area contributed by atoms with Gasteiger partial charge < -0.3 is 19.7 Å². The summed E-state index contributed by atoms with van der Waals surface area (Å²) in [6.07, 6.45) is 3.55. The van der Waals surface area contributed by atoms with Gasteiger partial charge >= 0.3 is 0 Å². The summed E-state index contributed by atoms with van der Waals surface area (Å²) in [4.78, 5) is 18.0. The highest BCUT2D eigenvalue weighted by Gasteiger charge is 2.24. The Kier molecular flexibility index (Phi) is 5.64. The van der Waals surface area contributed by atoms with Crippen LogP contribution < -0.4 is 15.0 Å². The number of fused-ring (bicyclic) bond motifs is 1. The lowest BCUT2D eigenvalue weighted by molar-refractivity contribution is -0.111. The molecule has 29 heavy (non-hydrogen) atoms. The summed E-state index contributed by atoms with van der Waals surface area (Å²) in [6, 6.07) is 8.47. The van der Waals surface area contributed by atoms with Crippen molar-refractivity contribution in [2.75, 3.05) is 30.1 Å². The fourth-order valence-electron chi connectivity index (χ4n) is 3.29. The first-order chi connectivity index (χ1) is 14.0. The number of carbonyl (C=O) groups excluding carboxylic acids is 1. The number of ether oxygens (including phenoxy) is 2. The zero-order valence-electron chi connectivity index (χ0n) is 15.5. The van der Waals surface area contributed by atoms with E-state index in [0.717, 1.165) is 17.7 Å². The number of amides is 1. The second-order valence-corrected chi connectivity index (χ2v) is 7.60. The van der Waals surface area contributed by atoms with Crippen LogP contribution >= 0.6 is 15.9 Å². The standard InChI is InChI=1S/C21H19BrFN3O3/c1-2-21(27)25-17-7-13-10-24-12-26(18-4-3-14(22)8-16(18)23)19(13)9-20(17)29-15-5-6-28-11-15/h2-4,7-10,15H,1,5-6,11-12H2,(H,25,27). The average Bonchev–Trinajstić information content (AvgIpc) is 3.21. The number of halogens is 2. The van der Waals surface area contributed by atoms with Crippen molar-refractivity contribution in [3.63, 3.8) is 0 Å². The molecule has 0 saturated carbocycles. The molecule has 2 aromatic carbocycles. The van der Waals surface area contributed by atoms with Crippen LogP contribution in [0.2, 0.25) is 0 Å². The van der Waals surface area contributed by atoms with Gasteiger partial charge in [0.1, 0.15) is 24.3 Å². The van der Waals surface area contributed by atoms with Crippen molar-refractivity contribution in [1.82, 2.24) is 0 Å². The maximum atomic E-state index is 14.6. The number of hydrogen-bond donors (Lipinski definition) is 1. The van der Waals surface area contributed by atoms with Crippen molar-refractivity contribution < 1.29 is 18.7 Å². The van der Waals surface area contributed by atoms with Gasteiger partial charge in [-0.2, -0.15) is 0 Å². The van der Waals surface area contributed by atoms with Gasteiger partial charge in [-0.1, -0.05) is 22.5 Å². The predicted molar refractivity (Wildman–Crippen MR) is 114 cm³/mol. The lowest BCUT2D eigenvalue weighted by Gasteiger charge is -2.29. The Balaban J connectivity index is 1.77.